The molecule has 0 saturated carbocycles. The molecule has 0 spiro atoms. The number of anilines is 1. The number of hydrogen-bond acceptors (Lipinski definition) is 5. The predicted molar refractivity (Wildman–Crippen MR) is 126 cm³/mol. The van der Waals surface area contributed by atoms with Crippen LogP contribution < -0.4 is 25.0 Å². The Bertz CT molecular complexity index is 850. The quantitative estimate of drug-likeness (QED) is 0.475. The SMILES string of the molecule is CCNC(=NCc1ccccc1N1CCOCC1)NCCc1ccc(OC)c(OC)c1. The van der Waals surface area contributed by atoms with E-state index in [9.17, 15) is 0 Å². The van der Waals surface area contributed by atoms with Gasteiger partial charge in [0.1, 0.15) is 0 Å². The summed E-state index contributed by atoms with van der Waals surface area (Å²) < 4.78 is 16.2. The number of hydrogen-bond donors (Lipinski definition) is 2. The second-order valence-electron chi connectivity index (χ2n) is 7.29. The molecular formula is C24H34N4O3. The Morgan fingerprint density at radius 3 is 2.55 bits per heavy atom. The number of nitrogens with one attached hydrogen (secondary N) is 2. The average Bonchev–Trinajstić information content (AvgIpc) is 2.83. The molecule has 7 nitrogen and oxygen atoms in total. The lowest BCUT2D eigenvalue weighted by Gasteiger charge is -2.30. The van der Waals surface area contributed by atoms with Gasteiger partial charge in [-0.1, -0.05) is 24.3 Å². The van der Waals surface area contributed by atoms with E-state index < -0.39 is 0 Å². The van der Waals surface area contributed by atoms with Gasteiger partial charge >= 0.3 is 0 Å². The van der Waals surface area contributed by atoms with Gasteiger partial charge in [-0.3, -0.25) is 0 Å². The summed E-state index contributed by atoms with van der Waals surface area (Å²) in [6, 6.07) is 14.5. The first-order valence-corrected chi connectivity index (χ1v) is 10.9. The summed E-state index contributed by atoms with van der Waals surface area (Å²) >= 11 is 0. The van der Waals surface area contributed by atoms with Crippen LogP contribution in [-0.2, 0) is 17.7 Å². The van der Waals surface area contributed by atoms with Gasteiger partial charge in [0.05, 0.1) is 34.0 Å². The molecule has 1 saturated heterocycles. The van der Waals surface area contributed by atoms with E-state index in [1.54, 1.807) is 14.2 Å². The van der Waals surface area contributed by atoms with Crippen molar-refractivity contribution >= 4 is 11.6 Å². The van der Waals surface area contributed by atoms with Crippen LogP contribution in [0.4, 0.5) is 5.69 Å². The van der Waals surface area contributed by atoms with Gasteiger partial charge in [-0.25, -0.2) is 4.99 Å². The van der Waals surface area contributed by atoms with E-state index in [4.69, 9.17) is 19.2 Å². The number of guanidine groups is 1. The number of para-hydroxylation sites is 1. The standard InChI is InChI=1S/C24H34N4O3/c1-4-25-24(26-12-11-19-9-10-22(29-2)23(17-19)30-3)27-18-20-7-5-6-8-21(20)28-13-15-31-16-14-28/h5-10,17H,4,11-16,18H2,1-3H3,(H2,25,26,27). The first-order chi connectivity index (χ1) is 15.2. The number of methoxy groups -OCH3 is 2. The monoisotopic (exact) mass is 426 g/mol. The van der Waals surface area contributed by atoms with Crippen molar-refractivity contribution in [2.24, 2.45) is 4.99 Å². The third kappa shape index (κ3) is 6.52. The smallest absolute Gasteiger partial charge is 0.191 e. The second kappa shape index (κ2) is 12.1. The van der Waals surface area contributed by atoms with E-state index in [-0.39, 0.29) is 0 Å². The van der Waals surface area contributed by atoms with Crippen LogP contribution in [0, 0.1) is 0 Å². The van der Waals surface area contributed by atoms with Crippen molar-refractivity contribution in [1.82, 2.24) is 10.6 Å². The molecule has 1 heterocycles. The third-order valence-electron chi connectivity index (χ3n) is 5.25. The lowest BCUT2D eigenvalue weighted by molar-refractivity contribution is 0.122. The van der Waals surface area contributed by atoms with Gasteiger partial charge in [-0.15, -0.1) is 0 Å². The van der Waals surface area contributed by atoms with Gasteiger partial charge in [0.15, 0.2) is 17.5 Å². The number of benzene rings is 2. The maximum Gasteiger partial charge on any atom is 0.191 e. The molecule has 31 heavy (non-hydrogen) atoms. The predicted octanol–water partition coefficient (Wildman–Crippen LogP) is 2.84. The molecular weight excluding hydrogens is 392 g/mol. The van der Waals surface area contributed by atoms with Crippen LogP contribution in [-0.4, -0.2) is 59.6 Å². The zero-order valence-electron chi connectivity index (χ0n) is 18.8. The van der Waals surface area contributed by atoms with Crippen molar-refractivity contribution in [3.63, 3.8) is 0 Å². The van der Waals surface area contributed by atoms with Crippen LogP contribution in [0.25, 0.3) is 0 Å². The highest BCUT2D eigenvalue weighted by molar-refractivity contribution is 5.79. The Morgan fingerprint density at radius 1 is 1.03 bits per heavy atom. The Hall–Kier alpha value is -2.93. The largest absolute Gasteiger partial charge is 0.493 e. The van der Waals surface area contributed by atoms with Crippen LogP contribution in [0.15, 0.2) is 47.5 Å². The van der Waals surface area contributed by atoms with Gasteiger partial charge in [0, 0.05) is 31.9 Å². The fourth-order valence-electron chi connectivity index (χ4n) is 3.62. The lowest BCUT2D eigenvalue weighted by atomic mass is 10.1. The van der Waals surface area contributed by atoms with Crippen LogP contribution in [0.2, 0.25) is 0 Å². The molecule has 0 amide bonds. The lowest BCUT2D eigenvalue weighted by Crippen LogP contribution is -2.38. The van der Waals surface area contributed by atoms with E-state index in [0.717, 1.165) is 63.3 Å². The van der Waals surface area contributed by atoms with Crippen molar-refractivity contribution in [1.29, 1.82) is 0 Å². The molecule has 2 N–H and O–H groups in total. The number of morpholine rings is 1. The van der Waals surface area contributed by atoms with E-state index in [2.05, 4.69) is 52.8 Å². The summed E-state index contributed by atoms with van der Waals surface area (Å²) in [5, 5.41) is 6.78. The average molecular weight is 427 g/mol. The maximum atomic E-state index is 5.50. The van der Waals surface area contributed by atoms with Crippen LogP contribution in [0.1, 0.15) is 18.1 Å². The fraction of sp³-hybridized carbons (Fsp3) is 0.458. The molecule has 0 atom stereocenters. The second-order valence-corrected chi connectivity index (χ2v) is 7.29. The molecule has 1 aliphatic rings. The van der Waals surface area contributed by atoms with Gasteiger partial charge in [-0.05, 0) is 42.7 Å². The van der Waals surface area contributed by atoms with E-state index in [1.807, 2.05) is 12.1 Å². The van der Waals surface area contributed by atoms with Crippen molar-refractivity contribution in [2.45, 2.75) is 19.9 Å². The number of ether oxygens (including phenoxy) is 3. The highest BCUT2D eigenvalue weighted by Crippen LogP contribution is 2.27. The minimum Gasteiger partial charge on any atom is -0.493 e. The summed E-state index contributed by atoms with van der Waals surface area (Å²) in [7, 11) is 3.31. The molecule has 0 unspecified atom stereocenters. The number of nitrogens with zero attached hydrogens (tertiary/aromatic N) is 2. The molecule has 1 aliphatic heterocycles. The molecule has 0 aliphatic carbocycles. The zero-order chi connectivity index (χ0) is 21.9. The molecule has 3 rings (SSSR count). The minimum absolute atomic E-state index is 0.624. The molecule has 2 aromatic rings. The first-order valence-electron chi connectivity index (χ1n) is 10.9. The minimum atomic E-state index is 0.624. The van der Waals surface area contributed by atoms with Crippen molar-refractivity contribution in [2.75, 3.05) is 58.5 Å². The topological polar surface area (TPSA) is 67.4 Å². The van der Waals surface area contributed by atoms with Crippen molar-refractivity contribution < 1.29 is 14.2 Å². The number of aliphatic imine (C=N–C) groups is 1. The normalized spacial score (nSPS) is 14.3. The van der Waals surface area contributed by atoms with Crippen LogP contribution in [0.5, 0.6) is 11.5 Å². The molecule has 0 radical (unpaired) electrons. The third-order valence-corrected chi connectivity index (χ3v) is 5.25. The van der Waals surface area contributed by atoms with Gasteiger partial charge in [0.2, 0.25) is 0 Å². The molecule has 0 bridgehead atoms. The van der Waals surface area contributed by atoms with E-state index in [0.29, 0.717) is 6.54 Å². The Kier molecular flexibility index (Phi) is 8.84. The highest BCUT2D eigenvalue weighted by Gasteiger charge is 2.14. The molecule has 168 valence electrons. The van der Waals surface area contributed by atoms with Gasteiger partial charge < -0.3 is 29.7 Å². The number of rotatable bonds is 9. The van der Waals surface area contributed by atoms with Gasteiger partial charge in [0.25, 0.3) is 0 Å². The maximum absolute atomic E-state index is 5.50. The van der Waals surface area contributed by atoms with E-state index in [1.165, 1.54) is 16.8 Å². The Morgan fingerprint density at radius 2 is 1.81 bits per heavy atom. The van der Waals surface area contributed by atoms with Crippen LogP contribution >= 0.6 is 0 Å². The van der Waals surface area contributed by atoms with E-state index >= 15 is 0 Å². The van der Waals surface area contributed by atoms with Crippen LogP contribution in [0.3, 0.4) is 0 Å². The zero-order valence-corrected chi connectivity index (χ0v) is 18.8. The first kappa shape index (κ1) is 22.7. The molecule has 0 aromatic heterocycles. The van der Waals surface area contributed by atoms with Gasteiger partial charge in [-0.2, -0.15) is 0 Å². The molecule has 2 aromatic carbocycles. The summed E-state index contributed by atoms with van der Waals surface area (Å²) in [6.45, 7) is 7.68. The van der Waals surface area contributed by atoms with Crippen molar-refractivity contribution in [3.8, 4) is 11.5 Å². The summed E-state index contributed by atoms with van der Waals surface area (Å²) in [5.41, 5.74) is 3.65. The summed E-state index contributed by atoms with van der Waals surface area (Å²) in [4.78, 5) is 7.20. The molecule has 7 heteroatoms. The summed E-state index contributed by atoms with van der Waals surface area (Å²) in [5.74, 6) is 2.31. The fourth-order valence-corrected chi connectivity index (χ4v) is 3.62. The highest BCUT2D eigenvalue weighted by atomic mass is 16.5. The summed E-state index contributed by atoms with van der Waals surface area (Å²) in [6.07, 6.45) is 0.856. The Balaban J connectivity index is 1.61. The molecule has 1 fully saturated rings. The van der Waals surface area contributed by atoms with Crippen molar-refractivity contribution in [3.05, 3.63) is 53.6 Å². The Labute approximate surface area is 185 Å².